The standard InChI is InChI=1S/C12H20N4O/c1-9(6-7-16(2)3)15-12(17)10-4-5-11(13)14-8-10/h4-5,8-9H,6-7H2,1-3H3,(H2,13,14)(H,15,17). The number of rotatable bonds is 5. The van der Waals surface area contributed by atoms with Gasteiger partial charge in [0.15, 0.2) is 0 Å². The minimum absolute atomic E-state index is 0.108. The van der Waals surface area contributed by atoms with E-state index in [4.69, 9.17) is 5.73 Å². The fourth-order valence-electron chi connectivity index (χ4n) is 1.37. The van der Waals surface area contributed by atoms with Crippen LogP contribution in [0.2, 0.25) is 0 Å². The quantitative estimate of drug-likeness (QED) is 0.790. The van der Waals surface area contributed by atoms with E-state index in [1.54, 1.807) is 12.1 Å². The van der Waals surface area contributed by atoms with Crippen LogP contribution in [-0.2, 0) is 0 Å². The van der Waals surface area contributed by atoms with Crippen LogP contribution in [-0.4, -0.2) is 42.5 Å². The number of hydrogen-bond donors (Lipinski definition) is 2. The van der Waals surface area contributed by atoms with Crippen LogP contribution in [0.3, 0.4) is 0 Å². The third-order valence-corrected chi connectivity index (χ3v) is 2.44. The number of carbonyl (C=O) groups excluding carboxylic acids is 1. The molecular weight excluding hydrogens is 216 g/mol. The van der Waals surface area contributed by atoms with Crippen LogP contribution in [0.25, 0.3) is 0 Å². The van der Waals surface area contributed by atoms with Crippen LogP contribution in [0.1, 0.15) is 23.7 Å². The van der Waals surface area contributed by atoms with E-state index in [1.165, 1.54) is 6.20 Å². The summed E-state index contributed by atoms with van der Waals surface area (Å²) in [4.78, 5) is 17.8. The molecule has 1 aromatic heterocycles. The SMILES string of the molecule is CC(CCN(C)C)NC(=O)c1ccc(N)nc1. The summed E-state index contributed by atoms with van der Waals surface area (Å²) in [6, 6.07) is 3.44. The molecule has 1 atom stereocenters. The van der Waals surface area contributed by atoms with Gasteiger partial charge in [-0.1, -0.05) is 0 Å². The minimum Gasteiger partial charge on any atom is -0.384 e. The van der Waals surface area contributed by atoms with Crippen LogP contribution in [0.4, 0.5) is 5.82 Å². The zero-order chi connectivity index (χ0) is 12.8. The number of aromatic nitrogens is 1. The Balaban J connectivity index is 2.46. The number of anilines is 1. The molecule has 0 fully saturated rings. The van der Waals surface area contributed by atoms with Crippen LogP contribution in [0.5, 0.6) is 0 Å². The molecule has 1 unspecified atom stereocenters. The van der Waals surface area contributed by atoms with Gasteiger partial charge in [0.05, 0.1) is 5.56 Å². The van der Waals surface area contributed by atoms with E-state index in [2.05, 4.69) is 15.2 Å². The topological polar surface area (TPSA) is 71.2 Å². The molecule has 1 heterocycles. The Morgan fingerprint density at radius 1 is 1.53 bits per heavy atom. The lowest BCUT2D eigenvalue weighted by atomic mass is 10.2. The summed E-state index contributed by atoms with van der Waals surface area (Å²) in [5.41, 5.74) is 6.00. The Morgan fingerprint density at radius 3 is 2.76 bits per heavy atom. The molecule has 0 saturated carbocycles. The number of nitrogen functional groups attached to an aromatic ring is 1. The predicted molar refractivity (Wildman–Crippen MR) is 68.7 cm³/mol. The van der Waals surface area contributed by atoms with Gasteiger partial charge in [0.1, 0.15) is 5.82 Å². The van der Waals surface area contributed by atoms with Crippen LogP contribution in [0.15, 0.2) is 18.3 Å². The molecule has 0 aliphatic rings. The zero-order valence-corrected chi connectivity index (χ0v) is 10.6. The molecule has 5 heteroatoms. The lowest BCUT2D eigenvalue weighted by Gasteiger charge is -2.16. The van der Waals surface area contributed by atoms with Crippen molar-refractivity contribution in [1.29, 1.82) is 0 Å². The molecule has 94 valence electrons. The number of amides is 1. The van der Waals surface area contributed by atoms with E-state index in [-0.39, 0.29) is 11.9 Å². The highest BCUT2D eigenvalue weighted by Crippen LogP contribution is 2.02. The molecular formula is C12H20N4O. The van der Waals surface area contributed by atoms with Gasteiger partial charge >= 0.3 is 0 Å². The average Bonchev–Trinajstić information content (AvgIpc) is 2.27. The summed E-state index contributed by atoms with van der Waals surface area (Å²) in [6.07, 6.45) is 2.41. The monoisotopic (exact) mass is 236 g/mol. The first kappa shape index (κ1) is 13.4. The lowest BCUT2D eigenvalue weighted by molar-refractivity contribution is 0.0936. The first-order chi connectivity index (χ1) is 7.99. The molecule has 1 rings (SSSR count). The van der Waals surface area contributed by atoms with Crippen LogP contribution < -0.4 is 11.1 Å². The van der Waals surface area contributed by atoms with Crippen molar-refractivity contribution >= 4 is 11.7 Å². The van der Waals surface area contributed by atoms with Crippen LogP contribution >= 0.6 is 0 Å². The predicted octanol–water partition coefficient (Wildman–Crippen LogP) is 0.734. The van der Waals surface area contributed by atoms with Crippen molar-refractivity contribution in [1.82, 2.24) is 15.2 Å². The van der Waals surface area contributed by atoms with Gasteiger partial charge in [-0.15, -0.1) is 0 Å². The molecule has 0 aliphatic carbocycles. The summed E-state index contributed by atoms with van der Waals surface area (Å²) in [5.74, 6) is 0.311. The Bertz CT molecular complexity index is 361. The van der Waals surface area contributed by atoms with Gasteiger partial charge in [0.25, 0.3) is 5.91 Å². The summed E-state index contributed by atoms with van der Waals surface area (Å²) < 4.78 is 0. The summed E-state index contributed by atoms with van der Waals surface area (Å²) in [5, 5.41) is 2.92. The molecule has 0 aliphatic heterocycles. The number of hydrogen-bond acceptors (Lipinski definition) is 4. The number of nitrogens with zero attached hydrogens (tertiary/aromatic N) is 2. The highest BCUT2D eigenvalue weighted by Gasteiger charge is 2.09. The second-order valence-electron chi connectivity index (χ2n) is 4.44. The molecule has 0 radical (unpaired) electrons. The summed E-state index contributed by atoms with van der Waals surface area (Å²) in [6.45, 7) is 2.94. The second kappa shape index (κ2) is 6.20. The minimum atomic E-state index is -0.108. The fraction of sp³-hybridized carbons (Fsp3) is 0.500. The molecule has 0 aromatic carbocycles. The lowest BCUT2D eigenvalue weighted by Crippen LogP contribution is -2.34. The number of nitrogens with one attached hydrogen (secondary N) is 1. The molecule has 1 amide bonds. The first-order valence-corrected chi connectivity index (χ1v) is 5.66. The van der Waals surface area contributed by atoms with Gasteiger partial charge in [-0.2, -0.15) is 0 Å². The van der Waals surface area contributed by atoms with Crippen molar-refractivity contribution in [2.45, 2.75) is 19.4 Å². The molecule has 3 N–H and O–H groups in total. The van der Waals surface area contributed by atoms with Crippen molar-refractivity contribution in [2.75, 3.05) is 26.4 Å². The largest absolute Gasteiger partial charge is 0.384 e. The van der Waals surface area contributed by atoms with E-state index < -0.39 is 0 Å². The maximum atomic E-state index is 11.8. The first-order valence-electron chi connectivity index (χ1n) is 5.66. The van der Waals surface area contributed by atoms with Crippen molar-refractivity contribution < 1.29 is 4.79 Å². The third-order valence-electron chi connectivity index (χ3n) is 2.44. The number of nitrogens with two attached hydrogens (primary N) is 1. The van der Waals surface area contributed by atoms with E-state index in [0.717, 1.165) is 13.0 Å². The van der Waals surface area contributed by atoms with Gasteiger partial charge < -0.3 is 16.0 Å². The van der Waals surface area contributed by atoms with Crippen molar-refractivity contribution in [2.24, 2.45) is 0 Å². The van der Waals surface area contributed by atoms with Crippen molar-refractivity contribution in [3.8, 4) is 0 Å². The maximum Gasteiger partial charge on any atom is 0.253 e. The Kier molecular flexibility index (Phi) is 4.90. The smallest absolute Gasteiger partial charge is 0.253 e. The molecule has 5 nitrogen and oxygen atoms in total. The third kappa shape index (κ3) is 4.82. The maximum absolute atomic E-state index is 11.8. The van der Waals surface area contributed by atoms with Gasteiger partial charge in [0.2, 0.25) is 0 Å². The van der Waals surface area contributed by atoms with Crippen molar-refractivity contribution in [3.63, 3.8) is 0 Å². The highest BCUT2D eigenvalue weighted by molar-refractivity contribution is 5.94. The highest BCUT2D eigenvalue weighted by atomic mass is 16.1. The Morgan fingerprint density at radius 2 is 2.24 bits per heavy atom. The van der Waals surface area contributed by atoms with Gasteiger partial charge in [-0.05, 0) is 46.1 Å². The van der Waals surface area contributed by atoms with Gasteiger partial charge in [-0.25, -0.2) is 4.98 Å². The Hall–Kier alpha value is -1.62. The Labute approximate surface area is 102 Å². The fourth-order valence-corrected chi connectivity index (χ4v) is 1.37. The average molecular weight is 236 g/mol. The van der Waals surface area contributed by atoms with Gasteiger partial charge in [-0.3, -0.25) is 4.79 Å². The molecule has 0 bridgehead atoms. The van der Waals surface area contributed by atoms with Gasteiger partial charge in [0, 0.05) is 12.2 Å². The molecule has 0 spiro atoms. The van der Waals surface area contributed by atoms with Crippen molar-refractivity contribution in [3.05, 3.63) is 23.9 Å². The van der Waals surface area contributed by atoms with E-state index in [9.17, 15) is 4.79 Å². The molecule has 17 heavy (non-hydrogen) atoms. The summed E-state index contributed by atoms with van der Waals surface area (Å²) in [7, 11) is 4.02. The van der Waals surface area contributed by atoms with Crippen LogP contribution in [0, 0.1) is 0 Å². The normalized spacial score (nSPS) is 12.5. The summed E-state index contributed by atoms with van der Waals surface area (Å²) >= 11 is 0. The molecule has 1 aromatic rings. The molecule has 0 saturated heterocycles. The van der Waals surface area contributed by atoms with E-state index >= 15 is 0 Å². The number of carbonyl (C=O) groups is 1. The van der Waals surface area contributed by atoms with E-state index in [0.29, 0.717) is 11.4 Å². The zero-order valence-electron chi connectivity index (χ0n) is 10.6. The van der Waals surface area contributed by atoms with E-state index in [1.807, 2.05) is 21.0 Å². The number of pyridine rings is 1. The second-order valence-corrected chi connectivity index (χ2v) is 4.44.